The number of carbonyl (C=O) groups is 2. The van der Waals surface area contributed by atoms with E-state index >= 15 is 0 Å². The highest BCUT2D eigenvalue weighted by Crippen LogP contribution is 2.18. The van der Waals surface area contributed by atoms with Crippen LogP contribution >= 0.6 is 11.8 Å². The van der Waals surface area contributed by atoms with Gasteiger partial charge in [0.05, 0.1) is 6.54 Å². The zero-order valence-corrected chi connectivity index (χ0v) is 13.9. The lowest BCUT2D eigenvalue weighted by atomic mass is 10.1. The number of nitrogens with one attached hydrogen (secondary N) is 1. The van der Waals surface area contributed by atoms with Crippen LogP contribution in [0.25, 0.3) is 0 Å². The normalized spacial score (nSPS) is 14.3. The van der Waals surface area contributed by atoms with Crippen molar-refractivity contribution in [1.82, 2.24) is 10.2 Å². The average Bonchev–Trinajstić information content (AvgIpc) is 2.88. The molecular weight excluding hydrogens is 300 g/mol. The SMILES string of the molecule is Cc1ccc(OCCNC(=O)CCN2CCSC2=O)c(C)c1. The maximum absolute atomic E-state index is 11.7. The zero-order chi connectivity index (χ0) is 15.9. The van der Waals surface area contributed by atoms with E-state index in [1.54, 1.807) is 4.90 Å². The molecule has 1 aliphatic rings. The minimum Gasteiger partial charge on any atom is -0.491 e. The first-order valence-corrected chi connectivity index (χ1v) is 8.43. The van der Waals surface area contributed by atoms with Crippen molar-refractivity contribution in [3.63, 3.8) is 0 Å². The Balaban J connectivity index is 1.61. The van der Waals surface area contributed by atoms with Gasteiger partial charge in [-0.05, 0) is 25.5 Å². The quantitative estimate of drug-likeness (QED) is 0.783. The van der Waals surface area contributed by atoms with Crippen LogP contribution in [-0.2, 0) is 4.79 Å². The molecule has 1 N–H and O–H groups in total. The molecule has 0 saturated carbocycles. The summed E-state index contributed by atoms with van der Waals surface area (Å²) in [6, 6.07) is 6.02. The highest BCUT2D eigenvalue weighted by molar-refractivity contribution is 8.13. The molecule has 0 aliphatic carbocycles. The Morgan fingerprint density at radius 2 is 2.23 bits per heavy atom. The molecule has 0 bridgehead atoms. The fourth-order valence-corrected chi connectivity index (χ4v) is 3.12. The molecule has 22 heavy (non-hydrogen) atoms. The van der Waals surface area contributed by atoms with Crippen LogP contribution in [0.2, 0.25) is 0 Å². The number of ether oxygens (including phenoxy) is 1. The molecule has 6 heteroatoms. The molecule has 1 heterocycles. The molecule has 0 aromatic heterocycles. The lowest BCUT2D eigenvalue weighted by Gasteiger charge is -2.14. The molecule has 0 radical (unpaired) electrons. The van der Waals surface area contributed by atoms with Crippen molar-refractivity contribution in [3.8, 4) is 5.75 Å². The first kappa shape index (κ1) is 16.7. The van der Waals surface area contributed by atoms with Gasteiger partial charge in [-0.3, -0.25) is 9.59 Å². The van der Waals surface area contributed by atoms with Crippen LogP contribution in [0.3, 0.4) is 0 Å². The van der Waals surface area contributed by atoms with Gasteiger partial charge in [-0.2, -0.15) is 0 Å². The summed E-state index contributed by atoms with van der Waals surface area (Å²) in [5, 5.41) is 2.89. The fraction of sp³-hybridized carbons (Fsp3) is 0.500. The maximum atomic E-state index is 11.7. The molecule has 120 valence electrons. The second kappa shape index (κ2) is 8.08. The van der Waals surface area contributed by atoms with Crippen LogP contribution in [-0.4, -0.2) is 48.0 Å². The summed E-state index contributed by atoms with van der Waals surface area (Å²) in [5.74, 6) is 1.62. The van der Waals surface area contributed by atoms with Gasteiger partial charge in [-0.15, -0.1) is 0 Å². The van der Waals surface area contributed by atoms with Gasteiger partial charge < -0.3 is 15.0 Å². The van der Waals surface area contributed by atoms with Gasteiger partial charge in [0.15, 0.2) is 0 Å². The van der Waals surface area contributed by atoms with Crippen molar-refractivity contribution >= 4 is 22.9 Å². The molecule has 0 spiro atoms. The van der Waals surface area contributed by atoms with E-state index in [0.29, 0.717) is 26.1 Å². The Labute approximate surface area is 135 Å². The molecule has 1 aromatic carbocycles. The van der Waals surface area contributed by atoms with Crippen LogP contribution in [0, 0.1) is 13.8 Å². The van der Waals surface area contributed by atoms with Gasteiger partial charge in [0.2, 0.25) is 5.91 Å². The first-order chi connectivity index (χ1) is 10.6. The van der Waals surface area contributed by atoms with Crippen LogP contribution < -0.4 is 10.1 Å². The van der Waals surface area contributed by atoms with E-state index in [-0.39, 0.29) is 11.1 Å². The number of hydrogen-bond donors (Lipinski definition) is 1. The lowest BCUT2D eigenvalue weighted by molar-refractivity contribution is -0.121. The highest BCUT2D eigenvalue weighted by atomic mass is 32.2. The molecule has 1 fully saturated rings. The number of amides is 2. The lowest BCUT2D eigenvalue weighted by Crippen LogP contribution is -2.32. The summed E-state index contributed by atoms with van der Waals surface area (Å²) in [5.41, 5.74) is 2.30. The molecule has 1 aliphatic heterocycles. The first-order valence-electron chi connectivity index (χ1n) is 7.45. The van der Waals surface area contributed by atoms with Gasteiger partial charge in [-0.1, -0.05) is 29.5 Å². The number of rotatable bonds is 7. The van der Waals surface area contributed by atoms with Crippen molar-refractivity contribution in [2.75, 3.05) is 32.0 Å². The predicted octanol–water partition coefficient (Wildman–Crippen LogP) is 2.36. The molecule has 5 nitrogen and oxygen atoms in total. The third-order valence-electron chi connectivity index (χ3n) is 3.47. The number of carbonyl (C=O) groups excluding carboxylic acids is 2. The van der Waals surface area contributed by atoms with Gasteiger partial charge in [0, 0.05) is 25.3 Å². The molecule has 0 atom stereocenters. The van der Waals surface area contributed by atoms with E-state index in [0.717, 1.165) is 23.6 Å². The largest absolute Gasteiger partial charge is 0.491 e. The minimum atomic E-state index is -0.0473. The molecule has 2 rings (SSSR count). The van der Waals surface area contributed by atoms with Gasteiger partial charge in [0.1, 0.15) is 12.4 Å². The summed E-state index contributed by atoms with van der Waals surface area (Å²) < 4.78 is 5.65. The van der Waals surface area contributed by atoms with Crippen molar-refractivity contribution in [2.24, 2.45) is 0 Å². The molecule has 1 saturated heterocycles. The fourth-order valence-electron chi connectivity index (χ4n) is 2.27. The summed E-state index contributed by atoms with van der Waals surface area (Å²) in [6.45, 7) is 6.19. The Morgan fingerprint density at radius 1 is 1.41 bits per heavy atom. The van der Waals surface area contributed by atoms with Crippen LogP contribution in [0.5, 0.6) is 5.75 Å². The van der Waals surface area contributed by atoms with Gasteiger partial charge in [-0.25, -0.2) is 0 Å². The van der Waals surface area contributed by atoms with E-state index < -0.39 is 0 Å². The minimum absolute atomic E-state index is 0.0473. The third-order valence-corrected chi connectivity index (χ3v) is 4.36. The topological polar surface area (TPSA) is 58.6 Å². The molecular formula is C16H22N2O3S. The summed E-state index contributed by atoms with van der Waals surface area (Å²) in [6.07, 6.45) is 0.343. The van der Waals surface area contributed by atoms with E-state index in [1.165, 1.54) is 17.3 Å². The number of aryl methyl sites for hydroxylation is 2. The van der Waals surface area contributed by atoms with E-state index in [4.69, 9.17) is 4.74 Å². The Bertz CT molecular complexity index is 548. The highest BCUT2D eigenvalue weighted by Gasteiger charge is 2.21. The number of thioether (sulfide) groups is 1. The standard InChI is InChI=1S/C16H22N2O3S/c1-12-3-4-14(13(2)11-12)21-9-6-17-15(19)5-7-18-8-10-22-16(18)20/h3-4,11H,5-10H2,1-2H3,(H,17,19). The van der Waals surface area contributed by atoms with Gasteiger partial charge >= 0.3 is 0 Å². The number of benzene rings is 1. The molecule has 0 unspecified atom stereocenters. The molecule has 2 amide bonds. The van der Waals surface area contributed by atoms with E-state index in [9.17, 15) is 9.59 Å². The second-order valence-corrected chi connectivity index (χ2v) is 6.36. The average molecular weight is 322 g/mol. The maximum Gasteiger partial charge on any atom is 0.281 e. The van der Waals surface area contributed by atoms with E-state index in [1.807, 2.05) is 26.0 Å². The van der Waals surface area contributed by atoms with Crippen molar-refractivity contribution in [1.29, 1.82) is 0 Å². The smallest absolute Gasteiger partial charge is 0.281 e. The van der Waals surface area contributed by atoms with Crippen molar-refractivity contribution in [3.05, 3.63) is 29.3 Å². The second-order valence-electron chi connectivity index (χ2n) is 5.32. The Kier molecular flexibility index (Phi) is 6.12. The van der Waals surface area contributed by atoms with Gasteiger partial charge in [0.25, 0.3) is 5.24 Å². The molecule has 1 aromatic rings. The zero-order valence-electron chi connectivity index (χ0n) is 13.1. The monoisotopic (exact) mass is 322 g/mol. The van der Waals surface area contributed by atoms with Crippen molar-refractivity contribution < 1.29 is 14.3 Å². The Hall–Kier alpha value is -1.69. The number of nitrogens with zero attached hydrogens (tertiary/aromatic N) is 1. The van der Waals surface area contributed by atoms with Crippen LogP contribution in [0.4, 0.5) is 4.79 Å². The predicted molar refractivity (Wildman–Crippen MR) is 88.5 cm³/mol. The summed E-state index contributed by atoms with van der Waals surface area (Å²) >= 11 is 1.31. The van der Waals surface area contributed by atoms with E-state index in [2.05, 4.69) is 11.4 Å². The number of hydrogen-bond acceptors (Lipinski definition) is 4. The summed E-state index contributed by atoms with van der Waals surface area (Å²) in [4.78, 5) is 24.8. The third kappa shape index (κ3) is 4.94. The van der Waals surface area contributed by atoms with Crippen molar-refractivity contribution in [2.45, 2.75) is 20.3 Å². The Morgan fingerprint density at radius 3 is 2.91 bits per heavy atom. The van der Waals surface area contributed by atoms with Crippen LogP contribution in [0.15, 0.2) is 18.2 Å². The van der Waals surface area contributed by atoms with Crippen LogP contribution in [0.1, 0.15) is 17.5 Å². The summed E-state index contributed by atoms with van der Waals surface area (Å²) in [7, 11) is 0.